The Labute approximate surface area is 487 Å². The van der Waals surface area contributed by atoms with E-state index in [9.17, 15) is 28.9 Å². The summed E-state index contributed by atoms with van der Waals surface area (Å²) in [6.45, 7) is 4.30. The Morgan fingerprint density at radius 1 is 0.362 bits per heavy atom. The molecule has 0 heterocycles. The maximum atomic E-state index is 12.9. The van der Waals surface area contributed by atoms with Crippen molar-refractivity contribution in [3.63, 3.8) is 0 Å². The van der Waals surface area contributed by atoms with Crippen LogP contribution in [0.3, 0.4) is 0 Å². The van der Waals surface area contributed by atoms with Gasteiger partial charge in [0.2, 0.25) is 0 Å². The van der Waals surface area contributed by atoms with E-state index in [1.165, 1.54) is 32.1 Å². The van der Waals surface area contributed by atoms with Gasteiger partial charge in [0.15, 0.2) is 6.10 Å². The van der Waals surface area contributed by atoms with E-state index in [2.05, 4.69) is 142 Å². The molecule has 0 aromatic carbocycles. The van der Waals surface area contributed by atoms with Gasteiger partial charge in [-0.05, 0) is 128 Å². The summed E-state index contributed by atoms with van der Waals surface area (Å²) in [4.78, 5) is 48.7. The van der Waals surface area contributed by atoms with Crippen LogP contribution in [-0.2, 0) is 42.2 Å². The number of carbonyl (C=O) groups excluding carboxylic acids is 3. The monoisotopic (exact) mass is 1130 g/mol. The third-order valence-electron chi connectivity index (χ3n) is 12.5. The van der Waals surface area contributed by atoms with E-state index >= 15 is 0 Å². The molecule has 0 aliphatic carbocycles. The second kappa shape index (κ2) is 60.7. The van der Waals surface area contributed by atoms with Crippen molar-refractivity contribution in [1.82, 2.24) is 0 Å². The highest BCUT2D eigenvalue weighted by Crippen LogP contribution is 2.43. The van der Waals surface area contributed by atoms with Gasteiger partial charge in [-0.2, -0.15) is 0 Å². The number of hydrogen-bond donors (Lipinski definition) is 2. The van der Waals surface area contributed by atoms with Crippen LogP contribution < -0.4 is 0 Å². The number of aliphatic hydroxyl groups excluding tert-OH is 1. The molecule has 3 unspecified atom stereocenters. The van der Waals surface area contributed by atoms with Gasteiger partial charge in [-0.1, -0.05) is 225 Å². The maximum absolute atomic E-state index is 12.9. The molecule has 12 heteroatoms. The lowest BCUT2D eigenvalue weighted by atomic mass is 10.1. The molecule has 0 aromatic rings. The molecule has 0 fully saturated rings. The SMILES string of the molecule is CC/C=C\C/C=C\C/C=C\C/C=C\C/C=C\CCCC(=O)OC(COC(=O)CCCCCCCC/C=C\C/C=C\C/C=C\CCCCC)COP(=O)(O)OCC(CO)OC(=O)CCCCCCCCC/C=C\C/C=C\C/C=C\CC. The average molecular weight is 1140 g/mol. The number of allylic oxidation sites excluding steroid dienone is 22. The number of aliphatic hydroxyl groups is 1. The van der Waals surface area contributed by atoms with E-state index in [4.69, 9.17) is 23.3 Å². The Morgan fingerprint density at radius 3 is 1.05 bits per heavy atom. The van der Waals surface area contributed by atoms with Crippen LogP contribution in [0.2, 0.25) is 0 Å². The summed E-state index contributed by atoms with van der Waals surface area (Å²) in [5.41, 5.74) is 0. The summed E-state index contributed by atoms with van der Waals surface area (Å²) >= 11 is 0. The molecule has 0 radical (unpaired) electrons. The Hall–Kier alpha value is -4.38. The fraction of sp³-hybridized carbons (Fsp3) is 0.632. The highest BCUT2D eigenvalue weighted by atomic mass is 31.2. The van der Waals surface area contributed by atoms with Crippen LogP contribution in [0.4, 0.5) is 0 Å². The van der Waals surface area contributed by atoms with Crippen molar-refractivity contribution in [3.05, 3.63) is 134 Å². The summed E-state index contributed by atoms with van der Waals surface area (Å²) in [6, 6.07) is 0. The number of rotatable bonds is 56. The Bertz CT molecular complexity index is 1850. The third-order valence-corrected chi connectivity index (χ3v) is 13.5. The van der Waals surface area contributed by atoms with Crippen molar-refractivity contribution >= 4 is 25.7 Å². The van der Waals surface area contributed by atoms with E-state index in [-0.39, 0.29) is 25.9 Å². The molecule has 0 spiro atoms. The lowest BCUT2D eigenvalue weighted by Crippen LogP contribution is -2.30. The van der Waals surface area contributed by atoms with Crippen LogP contribution in [-0.4, -0.2) is 66.5 Å². The summed E-state index contributed by atoms with van der Waals surface area (Å²) in [7, 11) is -4.78. The molecular formula is C68H111O11P. The Balaban J connectivity index is 4.82. The molecule has 0 rings (SSSR count). The zero-order valence-electron chi connectivity index (χ0n) is 50.2. The van der Waals surface area contributed by atoms with Crippen LogP contribution in [0.5, 0.6) is 0 Å². The molecule has 0 aromatic heterocycles. The fourth-order valence-electron chi connectivity index (χ4n) is 7.88. The van der Waals surface area contributed by atoms with Gasteiger partial charge in [-0.3, -0.25) is 23.4 Å². The quantitative estimate of drug-likeness (QED) is 0.0197. The first kappa shape index (κ1) is 75.6. The summed E-state index contributed by atoms with van der Waals surface area (Å²) in [5, 5.41) is 9.85. The number of ether oxygens (including phenoxy) is 3. The molecule has 0 saturated heterocycles. The van der Waals surface area contributed by atoms with Gasteiger partial charge in [0.1, 0.15) is 12.7 Å². The highest BCUT2D eigenvalue weighted by molar-refractivity contribution is 7.47. The standard InChI is InChI=1S/C68H111O11P/c1-4-7-10-13-16-19-22-25-28-31-32-35-36-39-42-45-48-51-54-57-66(70)75-61-65(79-68(72)59-56-53-50-47-44-41-38-34-30-27-24-21-18-15-12-9-6-3)63-77-80(73,74)76-62-64(60-69)78-67(71)58-55-52-49-46-43-40-37-33-29-26-23-20-17-14-11-8-5-2/h8-9,11-12,16-21,25-30,32,35,38,41,47,50,64-65,69H,4-7,10,13-15,22-24,31,33-34,36-37,39-40,42-46,48-49,51-63H2,1-3H3,(H,73,74)/b11-8-,12-9-,19-16-,20-17-,21-18-,28-25-,29-26-,30-27-,35-32-,41-38-,50-47-. The molecule has 0 aliphatic heterocycles. The molecule has 0 bridgehead atoms. The third kappa shape index (κ3) is 58.3. The molecule has 454 valence electrons. The lowest BCUT2D eigenvalue weighted by molar-refractivity contribution is -0.161. The van der Waals surface area contributed by atoms with Crippen molar-refractivity contribution in [2.24, 2.45) is 0 Å². The number of carbonyl (C=O) groups is 3. The maximum Gasteiger partial charge on any atom is 0.472 e. The van der Waals surface area contributed by atoms with Gasteiger partial charge in [0.25, 0.3) is 0 Å². The van der Waals surface area contributed by atoms with Crippen LogP contribution in [0, 0.1) is 0 Å². The van der Waals surface area contributed by atoms with Gasteiger partial charge in [0, 0.05) is 19.3 Å². The second-order valence-electron chi connectivity index (χ2n) is 20.1. The van der Waals surface area contributed by atoms with Gasteiger partial charge in [0.05, 0.1) is 19.8 Å². The van der Waals surface area contributed by atoms with Gasteiger partial charge < -0.3 is 24.2 Å². The van der Waals surface area contributed by atoms with E-state index in [1.807, 2.05) is 12.2 Å². The molecular weight excluding hydrogens is 1020 g/mol. The molecule has 80 heavy (non-hydrogen) atoms. The van der Waals surface area contributed by atoms with E-state index in [0.29, 0.717) is 25.7 Å². The first-order valence-corrected chi connectivity index (χ1v) is 32.6. The summed E-state index contributed by atoms with van der Waals surface area (Å²) in [6.07, 6.45) is 76.9. The van der Waals surface area contributed by atoms with Gasteiger partial charge in [-0.15, -0.1) is 0 Å². The van der Waals surface area contributed by atoms with E-state index in [0.717, 1.165) is 141 Å². The van der Waals surface area contributed by atoms with Crippen LogP contribution in [0.1, 0.15) is 239 Å². The lowest BCUT2D eigenvalue weighted by Gasteiger charge is -2.21. The molecule has 2 N–H and O–H groups in total. The minimum absolute atomic E-state index is 0.0786. The van der Waals surface area contributed by atoms with Gasteiger partial charge >= 0.3 is 25.7 Å². The number of esters is 3. The zero-order chi connectivity index (χ0) is 58.3. The van der Waals surface area contributed by atoms with Crippen LogP contribution >= 0.6 is 7.82 Å². The topological polar surface area (TPSA) is 155 Å². The number of phosphoric ester groups is 1. The first-order valence-electron chi connectivity index (χ1n) is 31.1. The zero-order valence-corrected chi connectivity index (χ0v) is 51.1. The summed E-state index contributed by atoms with van der Waals surface area (Å²) in [5.74, 6) is -1.57. The number of hydrogen-bond acceptors (Lipinski definition) is 10. The van der Waals surface area contributed by atoms with Crippen molar-refractivity contribution in [2.75, 3.05) is 26.4 Å². The first-order chi connectivity index (χ1) is 39.2. The van der Waals surface area contributed by atoms with Gasteiger partial charge in [-0.25, -0.2) is 4.57 Å². The predicted octanol–water partition coefficient (Wildman–Crippen LogP) is 18.9. The Morgan fingerprint density at radius 2 is 0.662 bits per heavy atom. The minimum Gasteiger partial charge on any atom is -0.462 e. The van der Waals surface area contributed by atoms with Crippen molar-refractivity contribution in [1.29, 1.82) is 0 Å². The minimum atomic E-state index is -4.78. The predicted molar refractivity (Wildman–Crippen MR) is 334 cm³/mol. The largest absolute Gasteiger partial charge is 0.472 e. The summed E-state index contributed by atoms with van der Waals surface area (Å²) < 4.78 is 39.6. The van der Waals surface area contributed by atoms with E-state index < -0.39 is 57.8 Å². The molecule has 0 saturated carbocycles. The molecule has 0 aliphatic rings. The normalized spacial score (nSPS) is 14.2. The van der Waals surface area contributed by atoms with Crippen molar-refractivity contribution in [3.8, 4) is 0 Å². The highest BCUT2D eigenvalue weighted by Gasteiger charge is 2.28. The van der Waals surface area contributed by atoms with E-state index in [1.54, 1.807) is 0 Å². The number of unbranched alkanes of at least 4 members (excludes halogenated alkanes) is 17. The van der Waals surface area contributed by atoms with Crippen molar-refractivity contribution in [2.45, 2.75) is 251 Å². The van der Waals surface area contributed by atoms with Crippen molar-refractivity contribution < 1.29 is 52.2 Å². The second-order valence-corrected chi connectivity index (χ2v) is 21.6. The van der Waals surface area contributed by atoms with Crippen LogP contribution in [0.15, 0.2) is 134 Å². The fourth-order valence-corrected chi connectivity index (χ4v) is 8.67. The molecule has 3 atom stereocenters. The smallest absolute Gasteiger partial charge is 0.462 e. The number of phosphoric acid groups is 1. The Kier molecular flexibility index (Phi) is 57.4. The molecule has 11 nitrogen and oxygen atoms in total. The average Bonchev–Trinajstić information content (AvgIpc) is 3.45. The molecule has 0 amide bonds. The van der Waals surface area contributed by atoms with Crippen LogP contribution in [0.25, 0.3) is 0 Å².